The summed E-state index contributed by atoms with van der Waals surface area (Å²) in [7, 11) is 0. The van der Waals surface area contributed by atoms with Gasteiger partial charge < -0.3 is 4.42 Å². The van der Waals surface area contributed by atoms with Gasteiger partial charge in [0, 0.05) is 11.8 Å². The van der Waals surface area contributed by atoms with Gasteiger partial charge in [-0.3, -0.25) is 0 Å². The van der Waals surface area contributed by atoms with Crippen LogP contribution in [0.5, 0.6) is 0 Å². The summed E-state index contributed by atoms with van der Waals surface area (Å²) >= 11 is 6.01. The number of aromatic nitrogens is 3. The van der Waals surface area contributed by atoms with Gasteiger partial charge in [0.25, 0.3) is 5.89 Å². The van der Waals surface area contributed by atoms with E-state index in [1.54, 1.807) is 42.6 Å². The molecule has 0 saturated carbocycles. The summed E-state index contributed by atoms with van der Waals surface area (Å²) < 4.78 is 19.7. The third-order valence-electron chi connectivity index (χ3n) is 3.21. The van der Waals surface area contributed by atoms with E-state index in [2.05, 4.69) is 15.2 Å². The van der Waals surface area contributed by atoms with Gasteiger partial charge in [-0.1, -0.05) is 23.7 Å². The first-order valence-electron chi connectivity index (χ1n) is 6.69. The van der Waals surface area contributed by atoms with Crippen LogP contribution in [0.3, 0.4) is 0 Å². The minimum absolute atomic E-state index is 0.276. The number of alkyl halides is 1. The van der Waals surface area contributed by atoms with E-state index in [4.69, 9.17) is 16.0 Å². The van der Waals surface area contributed by atoms with Crippen molar-refractivity contribution in [3.63, 3.8) is 0 Å². The van der Waals surface area contributed by atoms with E-state index in [1.807, 2.05) is 0 Å². The Hall–Kier alpha value is -2.27. The molecule has 2 heterocycles. The molecule has 3 rings (SSSR count). The molecule has 0 unspecified atom stereocenters. The van der Waals surface area contributed by atoms with Crippen LogP contribution < -0.4 is 0 Å². The molecule has 0 N–H and O–H groups in total. The number of hydrogen-bond acceptors (Lipinski definition) is 4. The molecule has 6 heteroatoms. The van der Waals surface area contributed by atoms with E-state index < -0.39 is 5.67 Å². The van der Waals surface area contributed by atoms with Crippen molar-refractivity contribution in [2.24, 2.45) is 0 Å². The minimum Gasteiger partial charge on any atom is -0.416 e. The van der Waals surface area contributed by atoms with E-state index in [0.29, 0.717) is 22.6 Å². The Kier molecular flexibility index (Phi) is 3.66. The number of pyridine rings is 1. The summed E-state index contributed by atoms with van der Waals surface area (Å²) in [6.07, 6.45) is 1.58. The van der Waals surface area contributed by atoms with Crippen LogP contribution in [-0.4, -0.2) is 15.2 Å². The third-order valence-corrected chi connectivity index (χ3v) is 3.51. The van der Waals surface area contributed by atoms with E-state index >= 15 is 0 Å². The third kappa shape index (κ3) is 2.85. The lowest BCUT2D eigenvalue weighted by Gasteiger charge is -2.14. The normalized spacial score (nSPS) is 11.6. The van der Waals surface area contributed by atoms with Gasteiger partial charge >= 0.3 is 0 Å². The maximum Gasteiger partial charge on any atom is 0.251 e. The molecule has 0 amide bonds. The predicted molar refractivity (Wildman–Crippen MR) is 82.1 cm³/mol. The van der Waals surface area contributed by atoms with Crippen molar-refractivity contribution in [3.8, 4) is 22.9 Å². The summed E-state index contributed by atoms with van der Waals surface area (Å²) in [5.74, 6) is 0.582. The molecule has 0 atom stereocenters. The zero-order valence-corrected chi connectivity index (χ0v) is 12.8. The Morgan fingerprint density at radius 3 is 2.59 bits per heavy atom. The standard InChI is InChI=1S/C16H13ClFN3O/c1-16(2,18)11-6-3-5-10(9-11)14-20-21-15(22-14)12-7-4-8-19-13(12)17/h3-9H,1-2H3. The van der Waals surface area contributed by atoms with E-state index in [0.717, 1.165) is 0 Å². The minimum atomic E-state index is -1.44. The van der Waals surface area contributed by atoms with Crippen LogP contribution in [0.1, 0.15) is 19.4 Å². The first-order chi connectivity index (χ1) is 10.4. The van der Waals surface area contributed by atoms with E-state index in [1.165, 1.54) is 13.8 Å². The predicted octanol–water partition coefficient (Wildman–Crippen LogP) is 4.66. The Morgan fingerprint density at radius 1 is 1.09 bits per heavy atom. The Labute approximate surface area is 132 Å². The molecule has 0 fully saturated rings. The fraction of sp³-hybridized carbons (Fsp3) is 0.188. The van der Waals surface area contributed by atoms with E-state index in [-0.39, 0.29) is 11.0 Å². The quantitative estimate of drug-likeness (QED) is 0.659. The van der Waals surface area contributed by atoms with Gasteiger partial charge in [-0.2, -0.15) is 0 Å². The van der Waals surface area contributed by atoms with Gasteiger partial charge in [-0.25, -0.2) is 9.37 Å². The fourth-order valence-electron chi connectivity index (χ4n) is 2.02. The van der Waals surface area contributed by atoms with Crippen molar-refractivity contribution in [1.29, 1.82) is 0 Å². The van der Waals surface area contributed by atoms with Gasteiger partial charge in [0.15, 0.2) is 0 Å². The summed E-state index contributed by atoms with van der Waals surface area (Å²) in [6, 6.07) is 10.4. The highest BCUT2D eigenvalue weighted by Gasteiger charge is 2.20. The van der Waals surface area contributed by atoms with Crippen molar-refractivity contribution in [2.75, 3.05) is 0 Å². The SMILES string of the molecule is CC(C)(F)c1cccc(-c2nnc(-c3cccnc3Cl)o2)c1. The largest absolute Gasteiger partial charge is 0.416 e. The summed E-state index contributed by atoms with van der Waals surface area (Å²) in [6.45, 7) is 3.00. The smallest absolute Gasteiger partial charge is 0.251 e. The number of nitrogens with zero attached hydrogens (tertiary/aromatic N) is 3. The number of benzene rings is 1. The molecule has 0 saturated heterocycles. The maximum atomic E-state index is 14.0. The first kappa shape index (κ1) is 14.7. The molecule has 0 radical (unpaired) electrons. The second-order valence-electron chi connectivity index (χ2n) is 5.31. The van der Waals surface area contributed by atoms with Crippen LogP contribution in [0.2, 0.25) is 5.15 Å². The second kappa shape index (κ2) is 5.50. The Bertz CT molecular complexity index is 811. The molecule has 0 aliphatic heterocycles. The lowest BCUT2D eigenvalue weighted by molar-refractivity contribution is 0.221. The molecule has 22 heavy (non-hydrogen) atoms. The Morgan fingerprint density at radius 2 is 1.86 bits per heavy atom. The van der Waals surface area contributed by atoms with Gasteiger partial charge in [-0.05, 0) is 43.7 Å². The van der Waals surface area contributed by atoms with Crippen LogP contribution in [0.25, 0.3) is 22.9 Å². The molecule has 1 aromatic carbocycles. The zero-order valence-electron chi connectivity index (χ0n) is 12.0. The number of halogens is 2. The highest BCUT2D eigenvalue weighted by molar-refractivity contribution is 6.31. The summed E-state index contributed by atoms with van der Waals surface area (Å²) in [5.41, 5.74) is 0.321. The van der Waals surface area contributed by atoms with Crippen LogP contribution in [-0.2, 0) is 5.67 Å². The molecule has 2 aromatic heterocycles. The highest BCUT2D eigenvalue weighted by atomic mass is 35.5. The first-order valence-corrected chi connectivity index (χ1v) is 7.07. The average Bonchev–Trinajstić information content (AvgIpc) is 2.97. The van der Waals surface area contributed by atoms with Crippen LogP contribution >= 0.6 is 11.6 Å². The lowest BCUT2D eigenvalue weighted by Crippen LogP contribution is -2.08. The molecular formula is C16H13ClFN3O. The fourth-order valence-corrected chi connectivity index (χ4v) is 2.22. The number of hydrogen-bond donors (Lipinski definition) is 0. The van der Waals surface area contributed by atoms with Crippen molar-refractivity contribution in [1.82, 2.24) is 15.2 Å². The van der Waals surface area contributed by atoms with Crippen LogP contribution in [0, 0.1) is 0 Å². The zero-order chi connectivity index (χ0) is 15.7. The summed E-state index contributed by atoms with van der Waals surface area (Å²) in [4.78, 5) is 3.97. The van der Waals surface area contributed by atoms with Crippen LogP contribution in [0.4, 0.5) is 4.39 Å². The average molecular weight is 318 g/mol. The van der Waals surface area contributed by atoms with Gasteiger partial charge in [0.2, 0.25) is 5.89 Å². The van der Waals surface area contributed by atoms with Crippen molar-refractivity contribution >= 4 is 11.6 Å². The van der Waals surface area contributed by atoms with Gasteiger partial charge in [0.05, 0.1) is 5.56 Å². The molecular weight excluding hydrogens is 305 g/mol. The molecule has 4 nitrogen and oxygen atoms in total. The molecule has 112 valence electrons. The molecule has 0 aliphatic carbocycles. The molecule has 3 aromatic rings. The van der Waals surface area contributed by atoms with Crippen molar-refractivity contribution in [2.45, 2.75) is 19.5 Å². The van der Waals surface area contributed by atoms with Gasteiger partial charge in [0.1, 0.15) is 10.8 Å². The highest BCUT2D eigenvalue weighted by Crippen LogP contribution is 2.31. The van der Waals surface area contributed by atoms with Crippen molar-refractivity contribution < 1.29 is 8.81 Å². The molecule has 0 aliphatic rings. The maximum absolute atomic E-state index is 14.0. The van der Waals surface area contributed by atoms with Gasteiger partial charge in [-0.15, -0.1) is 10.2 Å². The lowest BCUT2D eigenvalue weighted by atomic mass is 9.98. The van der Waals surface area contributed by atoms with Crippen molar-refractivity contribution in [3.05, 3.63) is 53.3 Å². The Balaban J connectivity index is 2.00. The molecule has 0 bridgehead atoms. The van der Waals surface area contributed by atoms with E-state index in [9.17, 15) is 4.39 Å². The second-order valence-corrected chi connectivity index (χ2v) is 5.67. The summed E-state index contributed by atoms with van der Waals surface area (Å²) in [5, 5.41) is 8.27. The molecule has 0 spiro atoms. The van der Waals surface area contributed by atoms with Crippen LogP contribution in [0.15, 0.2) is 47.0 Å². The topological polar surface area (TPSA) is 51.8 Å². The monoisotopic (exact) mass is 317 g/mol. The number of rotatable bonds is 3.